The smallest absolute Gasteiger partial charge is 0.313 e. The Balaban J connectivity index is 1.32. The highest BCUT2D eigenvalue weighted by Crippen LogP contribution is 2.46. The molecular weight excluding hydrogens is 569 g/mol. The number of cyclic esters (lactones) is 1. The van der Waals surface area contributed by atoms with Gasteiger partial charge in [-0.15, -0.1) is 0 Å². The van der Waals surface area contributed by atoms with Crippen molar-refractivity contribution in [2.45, 2.75) is 77.2 Å². The Morgan fingerprint density at radius 3 is 2.73 bits per heavy atom. The number of carbonyl (C=O) groups is 3. The fourth-order valence-corrected chi connectivity index (χ4v) is 7.08. The summed E-state index contributed by atoms with van der Waals surface area (Å²) in [6.07, 6.45) is 2.50. The summed E-state index contributed by atoms with van der Waals surface area (Å²) in [7, 11) is 0. The van der Waals surface area contributed by atoms with E-state index in [4.69, 9.17) is 20.2 Å². The number of rotatable bonds is 8. The van der Waals surface area contributed by atoms with Gasteiger partial charge in [0.15, 0.2) is 0 Å². The maximum atomic E-state index is 15.2. The molecule has 2 aliphatic carbocycles. The van der Waals surface area contributed by atoms with E-state index in [0.717, 1.165) is 34.9 Å². The average Bonchev–Trinajstić information content (AvgIpc) is 3.79. The number of hydrogen-bond acceptors (Lipinski definition) is 8. The Labute approximate surface area is 252 Å². The predicted octanol–water partition coefficient (Wildman–Crippen LogP) is 2.35. The normalized spacial score (nSPS) is 20.4. The highest BCUT2D eigenvalue weighted by molar-refractivity contribution is 5.94. The van der Waals surface area contributed by atoms with Crippen LogP contribution >= 0.6 is 0 Å². The van der Waals surface area contributed by atoms with Crippen LogP contribution in [0.4, 0.5) is 4.39 Å². The largest absolute Gasteiger partial charge is 0.460 e. The third kappa shape index (κ3) is 4.50. The molecule has 1 aromatic carbocycles. The Morgan fingerprint density at radius 1 is 1.20 bits per heavy atom. The fraction of sp³-hybridized carbons (Fsp3) is 0.469. The molecule has 4 aliphatic rings. The molecule has 2 aliphatic heterocycles. The van der Waals surface area contributed by atoms with Gasteiger partial charge in [0, 0.05) is 17.0 Å². The molecule has 1 saturated carbocycles. The molecule has 2 amide bonds. The number of ether oxygens (including phenoxy) is 2. The molecule has 230 valence electrons. The van der Waals surface area contributed by atoms with E-state index in [1.165, 1.54) is 6.07 Å². The molecule has 12 heteroatoms. The minimum absolute atomic E-state index is 0.0470. The second-order valence-corrected chi connectivity index (χ2v) is 12.1. The highest BCUT2D eigenvalue weighted by Gasteiger charge is 2.41. The minimum Gasteiger partial charge on any atom is -0.460 e. The van der Waals surface area contributed by atoms with E-state index in [1.807, 2.05) is 13.0 Å². The van der Waals surface area contributed by atoms with E-state index in [-0.39, 0.29) is 61.5 Å². The number of amides is 2. The first kappa shape index (κ1) is 28.6. The van der Waals surface area contributed by atoms with Crippen molar-refractivity contribution in [3.8, 4) is 11.4 Å². The Kier molecular flexibility index (Phi) is 7.00. The van der Waals surface area contributed by atoms with Crippen LogP contribution in [0.1, 0.15) is 77.9 Å². The molecule has 3 aromatic rings. The zero-order valence-electron chi connectivity index (χ0n) is 24.6. The van der Waals surface area contributed by atoms with Gasteiger partial charge in [-0.25, -0.2) is 9.37 Å². The molecule has 3 atom stereocenters. The number of nitrogens with one attached hydrogen (secondary N) is 2. The molecule has 7 rings (SSSR count). The number of hydrogen-bond donors (Lipinski definition) is 3. The Morgan fingerprint density at radius 2 is 2.00 bits per heavy atom. The van der Waals surface area contributed by atoms with Gasteiger partial charge >= 0.3 is 5.97 Å². The number of nitrogens with two attached hydrogens (primary N) is 1. The molecule has 0 saturated heterocycles. The number of aromatic nitrogens is 2. The van der Waals surface area contributed by atoms with Gasteiger partial charge in [-0.3, -0.25) is 19.2 Å². The first-order valence-corrected chi connectivity index (χ1v) is 15.2. The van der Waals surface area contributed by atoms with Crippen LogP contribution in [0, 0.1) is 18.7 Å². The molecule has 44 heavy (non-hydrogen) atoms. The van der Waals surface area contributed by atoms with Gasteiger partial charge in [-0.05, 0) is 73.3 Å². The molecule has 4 N–H and O–H groups in total. The average molecular weight is 604 g/mol. The lowest BCUT2D eigenvalue weighted by Crippen LogP contribution is -2.43. The summed E-state index contributed by atoms with van der Waals surface area (Å²) in [5.41, 5.74) is 10.8. The van der Waals surface area contributed by atoms with E-state index < -0.39 is 18.1 Å². The number of benzene rings is 1. The quantitative estimate of drug-likeness (QED) is 0.205. The molecule has 4 heterocycles. The van der Waals surface area contributed by atoms with Gasteiger partial charge in [-0.1, -0.05) is 6.92 Å². The maximum Gasteiger partial charge on any atom is 0.313 e. The van der Waals surface area contributed by atoms with Crippen molar-refractivity contribution in [2.24, 2.45) is 11.7 Å². The number of carbonyl (C=O) groups excluding carboxylic acids is 3. The summed E-state index contributed by atoms with van der Waals surface area (Å²) in [5.74, 6) is -1.88. The van der Waals surface area contributed by atoms with Crippen LogP contribution in [0.5, 0.6) is 0 Å². The van der Waals surface area contributed by atoms with E-state index >= 15 is 4.39 Å². The number of esters is 1. The standard InChI is InChI=1S/C32H34FN5O6/c1-3-16-18-8-24-28-19(11-38(24)31(41)20(18)12-43-32(16)42)27-22(7-6-17-14(2)21(33)9-23(36-28)26(17)27)37-30(40)29(15-4-5-15)44-13-35-25(39)10-34/h8-9,15-16,22,29H,3-7,10-13,34H2,1-2H3,(H,35,39)(H,37,40)/t16-,22+,29?/m1/s1. The lowest BCUT2D eigenvalue weighted by atomic mass is 9.81. The van der Waals surface area contributed by atoms with Crippen LogP contribution in [0.2, 0.25) is 0 Å². The summed E-state index contributed by atoms with van der Waals surface area (Å²) in [6.45, 7) is 3.48. The second kappa shape index (κ2) is 10.8. The van der Waals surface area contributed by atoms with Crippen molar-refractivity contribution in [1.29, 1.82) is 0 Å². The fourth-order valence-electron chi connectivity index (χ4n) is 7.08. The van der Waals surface area contributed by atoms with E-state index in [0.29, 0.717) is 52.9 Å². The van der Waals surface area contributed by atoms with Crippen molar-refractivity contribution in [3.05, 3.63) is 61.7 Å². The van der Waals surface area contributed by atoms with Crippen LogP contribution in [0.3, 0.4) is 0 Å². The van der Waals surface area contributed by atoms with E-state index in [1.54, 1.807) is 11.5 Å². The third-order valence-electron chi connectivity index (χ3n) is 9.54. The van der Waals surface area contributed by atoms with Gasteiger partial charge in [0.2, 0.25) is 11.8 Å². The van der Waals surface area contributed by atoms with Crippen molar-refractivity contribution < 1.29 is 28.2 Å². The van der Waals surface area contributed by atoms with Crippen LogP contribution in [0.15, 0.2) is 16.9 Å². The van der Waals surface area contributed by atoms with Crippen LogP contribution in [0.25, 0.3) is 22.3 Å². The van der Waals surface area contributed by atoms with E-state index in [9.17, 15) is 19.2 Å². The molecule has 11 nitrogen and oxygen atoms in total. The molecule has 1 unspecified atom stereocenters. The second-order valence-electron chi connectivity index (χ2n) is 12.1. The van der Waals surface area contributed by atoms with Gasteiger partial charge in [0.05, 0.1) is 47.5 Å². The molecule has 0 spiro atoms. The molecular formula is C32H34FN5O6. The molecule has 2 aromatic heterocycles. The number of pyridine rings is 2. The number of fused-ring (bicyclic) bond motifs is 5. The van der Waals surface area contributed by atoms with Crippen LogP contribution in [-0.2, 0) is 43.4 Å². The number of nitrogens with zero attached hydrogens (tertiary/aromatic N) is 2. The van der Waals surface area contributed by atoms with Crippen molar-refractivity contribution in [3.63, 3.8) is 0 Å². The van der Waals surface area contributed by atoms with Gasteiger partial charge in [0.1, 0.15) is 25.3 Å². The van der Waals surface area contributed by atoms with Crippen LogP contribution in [-0.4, -0.2) is 46.7 Å². The Hall–Kier alpha value is -4.16. The zero-order valence-corrected chi connectivity index (χ0v) is 24.6. The first-order chi connectivity index (χ1) is 21.2. The van der Waals surface area contributed by atoms with Crippen molar-refractivity contribution in [1.82, 2.24) is 20.2 Å². The predicted molar refractivity (Wildman–Crippen MR) is 157 cm³/mol. The Bertz CT molecular complexity index is 1820. The summed E-state index contributed by atoms with van der Waals surface area (Å²) >= 11 is 0. The summed E-state index contributed by atoms with van der Waals surface area (Å²) in [5, 5.41) is 6.56. The monoisotopic (exact) mass is 603 g/mol. The van der Waals surface area contributed by atoms with Gasteiger partial charge < -0.3 is 30.4 Å². The number of aryl methyl sites for hydroxylation is 1. The lowest BCUT2D eigenvalue weighted by Gasteiger charge is -2.31. The highest BCUT2D eigenvalue weighted by atomic mass is 19.1. The molecule has 1 fully saturated rings. The first-order valence-electron chi connectivity index (χ1n) is 15.2. The number of halogens is 1. The van der Waals surface area contributed by atoms with Gasteiger partial charge in [0.25, 0.3) is 5.56 Å². The summed E-state index contributed by atoms with van der Waals surface area (Å²) < 4.78 is 28.0. The van der Waals surface area contributed by atoms with Crippen molar-refractivity contribution in [2.75, 3.05) is 13.3 Å². The topological polar surface area (TPSA) is 155 Å². The SMILES string of the molecule is CC[C@H]1C(=O)OCc2c1cc1n(c2=O)Cc2c-1nc1cc(F)c(C)c3c1c2[C@@H](NC(=O)C(OCNC(=O)CN)C1CC1)CC3. The lowest BCUT2D eigenvalue weighted by molar-refractivity contribution is -0.148. The minimum atomic E-state index is -0.746. The van der Waals surface area contributed by atoms with Crippen molar-refractivity contribution >= 4 is 28.7 Å². The third-order valence-corrected chi connectivity index (χ3v) is 9.54. The molecule has 0 radical (unpaired) electrons. The summed E-state index contributed by atoms with van der Waals surface area (Å²) in [6, 6.07) is 2.84. The van der Waals surface area contributed by atoms with Crippen LogP contribution < -0.4 is 21.9 Å². The van der Waals surface area contributed by atoms with E-state index in [2.05, 4.69) is 10.6 Å². The zero-order chi connectivity index (χ0) is 30.9. The molecule has 0 bridgehead atoms. The van der Waals surface area contributed by atoms with Gasteiger partial charge in [-0.2, -0.15) is 0 Å². The maximum absolute atomic E-state index is 15.2. The summed E-state index contributed by atoms with van der Waals surface area (Å²) in [4.78, 5) is 56.5.